The number of rotatable bonds is 14. The van der Waals surface area contributed by atoms with Crippen molar-refractivity contribution >= 4 is 47.2 Å². The Morgan fingerprint density at radius 2 is 1.54 bits per heavy atom. The lowest BCUT2D eigenvalue weighted by molar-refractivity contribution is -0.142. The van der Waals surface area contributed by atoms with Crippen molar-refractivity contribution in [2.45, 2.75) is 44.8 Å². The zero-order chi connectivity index (χ0) is 21.7. The SMILES string of the molecule is CSCCC(N)C(=O)NCC(=O)NC(C(=O)NC(CCSC)C(=O)O)C(C)C. The molecule has 0 aliphatic heterocycles. The topological polar surface area (TPSA) is 151 Å². The average molecular weight is 437 g/mol. The minimum Gasteiger partial charge on any atom is -0.480 e. The van der Waals surface area contributed by atoms with E-state index in [4.69, 9.17) is 5.73 Å². The van der Waals surface area contributed by atoms with Gasteiger partial charge in [-0.1, -0.05) is 13.8 Å². The lowest BCUT2D eigenvalue weighted by Gasteiger charge is -2.24. The number of carboxylic acids is 1. The molecule has 0 aromatic heterocycles. The third-order valence-corrected chi connectivity index (χ3v) is 5.17. The van der Waals surface area contributed by atoms with Crippen LogP contribution in [0.2, 0.25) is 0 Å². The van der Waals surface area contributed by atoms with Gasteiger partial charge in [-0.15, -0.1) is 0 Å². The number of nitrogens with two attached hydrogens (primary N) is 1. The van der Waals surface area contributed by atoms with Crippen molar-refractivity contribution in [3.63, 3.8) is 0 Å². The van der Waals surface area contributed by atoms with Crippen molar-refractivity contribution in [1.29, 1.82) is 0 Å². The van der Waals surface area contributed by atoms with E-state index in [0.717, 1.165) is 5.75 Å². The largest absolute Gasteiger partial charge is 0.480 e. The van der Waals surface area contributed by atoms with Gasteiger partial charge >= 0.3 is 5.97 Å². The van der Waals surface area contributed by atoms with Crippen LogP contribution in [0.4, 0.5) is 0 Å². The van der Waals surface area contributed by atoms with Gasteiger partial charge in [0.15, 0.2) is 0 Å². The number of hydrogen-bond donors (Lipinski definition) is 5. The van der Waals surface area contributed by atoms with Gasteiger partial charge in [-0.3, -0.25) is 14.4 Å². The first-order valence-corrected chi connectivity index (χ1v) is 11.8. The first-order chi connectivity index (χ1) is 13.1. The molecule has 0 rings (SSSR count). The Bertz CT molecular complexity index is 534. The molecule has 0 saturated heterocycles. The van der Waals surface area contributed by atoms with Crippen LogP contribution in [-0.2, 0) is 19.2 Å². The zero-order valence-electron chi connectivity index (χ0n) is 16.8. The number of hydrogen-bond acceptors (Lipinski definition) is 7. The van der Waals surface area contributed by atoms with E-state index in [0.29, 0.717) is 12.2 Å². The molecule has 0 aliphatic carbocycles. The second-order valence-electron chi connectivity index (χ2n) is 6.58. The summed E-state index contributed by atoms with van der Waals surface area (Å²) in [5, 5.41) is 16.7. The van der Waals surface area contributed by atoms with E-state index < -0.39 is 41.8 Å². The van der Waals surface area contributed by atoms with Gasteiger partial charge in [0, 0.05) is 0 Å². The van der Waals surface area contributed by atoms with Crippen LogP contribution >= 0.6 is 23.5 Å². The van der Waals surface area contributed by atoms with Crippen LogP contribution in [0.15, 0.2) is 0 Å². The summed E-state index contributed by atoms with van der Waals surface area (Å²) in [5.41, 5.74) is 5.73. The zero-order valence-corrected chi connectivity index (χ0v) is 18.5. The van der Waals surface area contributed by atoms with Crippen molar-refractivity contribution in [2.24, 2.45) is 11.7 Å². The Labute approximate surface area is 174 Å². The maximum atomic E-state index is 12.5. The van der Waals surface area contributed by atoms with E-state index in [2.05, 4.69) is 16.0 Å². The van der Waals surface area contributed by atoms with Crippen molar-refractivity contribution in [1.82, 2.24) is 16.0 Å². The van der Waals surface area contributed by atoms with E-state index in [1.54, 1.807) is 25.6 Å². The molecule has 162 valence electrons. The molecule has 3 unspecified atom stereocenters. The van der Waals surface area contributed by atoms with Gasteiger partial charge < -0.3 is 26.8 Å². The Kier molecular flexibility index (Phi) is 13.8. The lowest BCUT2D eigenvalue weighted by atomic mass is 10.0. The van der Waals surface area contributed by atoms with Crippen LogP contribution in [0, 0.1) is 5.92 Å². The fraction of sp³-hybridized carbons (Fsp3) is 0.765. The molecule has 0 spiro atoms. The van der Waals surface area contributed by atoms with E-state index in [1.807, 2.05) is 12.5 Å². The maximum Gasteiger partial charge on any atom is 0.326 e. The summed E-state index contributed by atoms with van der Waals surface area (Å²) >= 11 is 3.05. The molecule has 0 bridgehead atoms. The highest BCUT2D eigenvalue weighted by Crippen LogP contribution is 2.06. The Morgan fingerprint density at radius 1 is 0.964 bits per heavy atom. The third-order valence-electron chi connectivity index (χ3n) is 3.88. The molecular formula is C17H32N4O5S2. The second-order valence-corrected chi connectivity index (χ2v) is 8.55. The number of amides is 3. The molecule has 0 radical (unpaired) electrons. The Morgan fingerprint density at radius 3 is 2.04 bits per heavy atom. The van der Waals surface area contributed by atoms with E-state index in [1.165, 1.54) is 11.8 Å². The van der Waals surface area contributed by atoms with Crippen LogP contribution < -0.4 is 21.7 Å². The van der Waals surface area contributed by atoms with Crippen LogP contribution in [0.1, 0.15) is 26.7 Å². The molecule has 0 aromatic carbocycles. The monoisotopic (exact) mass is 436 g/mol. The van der Waals surface area contributed by atoms with Gasteiger partial charge in [-0.2, -0.15) is 23.5 Å². The first kappa shape index (κ1) is 26.5. The summed E-state index contributed by atoms with van der Waals surface area (Å²) in [7, 11) is 0. The van der Waals surface area contributed by atoms with Crippen LogP contribution in [0.5, 0.6) is 0 Å². The molecular weight excluding hydrogens is 404 g/mol. The number of carbonyl (C=O) groups excluding carboxylic acids is 3. The van der Waals surface area contributed by atoms with Gasteiger partial charge in [0.2, 0.25) is 17.7 Å². The van der Waals surface area contributed by atoms with E-state index >= 15 is 0 Å². The quantitative estimate of drug-likeness (QED) is 0.248. The molecule has 0 fully saturated rings. The molecule has 28 heavy (non-hydrogen) atoms. The molecule has 3 atom stereocenters. The van der Waals surface area contributed by atoms with E-state index in [9.17, 15) is 24.3 Å². The fourth-order valence-corrected chi connectivity index (χ4v) is 3.15. The molecule has 0 aliphatic rings. The number of thioether (sulfide) groups is 2. The number of carbonyl (C=O) groups is 4. The number of aliphatic carboxylic acids is 1. The van der Waals surface area contributed by atoms with Crippen molar-refractivity contribution < 1.29 is 24.3 Å². The third kappa shape index (κ3) is 10.8. The van der Waals surface area contributed by atoms with Crippen molar-refractivity contribution in [3.05, 3.63) is 0 Å². The van der Waals surface area contributed by atoms with Crippen molar-refractivity contribution in [2.75, 3.05) is 30.6 Å². The standard InChI is InChI=1S/C17H32N4O5S2/c1-10(2)14(16(24)20-12(17(25)26)6-8-28-4)21-13(22)9-19-15(23)11(18)5-7-27-3/h10-12,14H,5-9,18H2,1-4H3,(H,19,23)(H,20,24)(H,21,22)(H,25,26). The molecule has 6 N–H and O–H groups in total. The summed E-state index contributed by atoms with van der Waals surface area (Å²) in [4.78, 5) is 47.7. The Balaban J connectivity index is 4.70. The molecule has 3 amide bonds. The Hall–Kier alpha value is -1.46. The first-order valence-electron chi connectivity index (χ1n) is 8.97. The highest BCUT2D eigenvalue weighted by atomic mass is 32.2. The number of carboxylic acid groups (broad SMARTS) is 1. The molecule has 0 saturated carbocycles. The van der Waals surface area contributed by atoms with Gasteiger partial charge in [0.05, 0.1) is 12.6 Å². The maximum absolute atomic E-state index is 12.5. The van der Waals surface area contributed by atoms with Crippen LogP contribution in [-0.4, -0.2) is 77.5 Å². The molecule has 9 nitrogen and oxygen atoms in total. The predicted molar refractivity (Wildman–Crippen MR) is 113 cm³/mol. The van der Waals surface area contributed by atoms with Gasteiger partial charge in [0.25, 0.3) is 0 Å². The van der Waals surface area contributed by atoms with Gasteiger partial charge in [0.1, 0.15) is 12.1 Å². The lowest BCUT2D eigenvalue weighted by Crippen LogP contribution is -2.55. The van der Waals surface area contributed by atoms with Gasteiger partial charge in [-0.25, -0.2) is 4.79 Å². The smallest absolute Gasteiger partial charge is 0.326 e. The summed E-state index contributed by atoms with van der Waals surface area (Å²) in [5.74, 6) is -1.62. The summed E-state index contributed by atoms with van der Waals surface area (Å²) in [6, 6.07) is -2.63. The summed E-state index contributed by atoms with van der Waals surface area (Å²) in [6.07, 6.45) is 4.54. The van der Waals surface area contributed by atoms with Crippen LogP contribution in [0.3, 0.4) is 0 Å². The fourth-order valence-electron chi connectivity index (χ4n) is 2.19. The minimum absolute atomic E-state index is 0.265. The van der Waals surface area contributed by atoms with E-state index in [-0.39, 0.29) is 18.9 Å². The van der Waals surface area contributed by atoms with Gasteiger partial charge in [-0.05, 0) is 42.8 Å². The average Bonchev–Trinajstić information content (AvgIpc) is 2.64. The highest BCUT2D eigenvalue weighted by molar-refractivity contribution is 7.98. The second kappa shape index (κ2) is 14.5. The highest BCUT2D eigenvalue weighted by Gasteiger charge is 2.28. The minimum atomic E-state index is -1.12. The molecule has 0 aromatic rings. The normalized spacial score (nSPS) is 14.1. The number of nitrogens with one attached hydrogen (secondary N) is 3. The molecule has 0 heterocycles. The molecule has 11 heteroatoms. The van der Waals surface area contributed by atoms with Crippen molar-refractivity contribution in [3.8, 4) is 0 Å². The summed E-state index contributed by atoms with van der Waals surface area (Å²) in [6.45, 7) is 3.16. The summed E-state index contributed by atoms with van der Waals surface area (Å²) < 4.78 is 0. The predicted octanol–water partition coefficient (Wildman–Crippen LogP) is -0.354. The van der Waals surface area contributed by atoms with Crippen LogP contribution in [0.25, 0.3) is 0 Å².